The molecular formula is C24H42O20. The molecule has 0 bridgehead atoms. The van der Waals surface area contributed by atoms with Gasteiger partial charge in [0.25, 0.3) is 0 Å². The van der Waals surface area contributed by atoms with Crippen molar-refractivity contribution in [3.63, 3.8) is 0 Å². The Morgan fingerprint density at radius 3 is 1.48 bits per heavy atom. The van der Waals surface area contributed by atoms with Gasteiger partial charge in [0.05, 0.1) is 25.9 Å². The minimum absolute atomic E-state index is 0.831. The lowest BCUT2D eigenvalue weighted by molar-refractivity contribution is -0.404. The minimum atomic E-state index is -1.98. The van der Waals surface area contributed by atoms with Crippen LogP contribution >= 0.6 is 0 Å². The monoisotopic (exact) mass is 650 g/mol. The molecule has 4 heterocycles. The van der Waals surface area contributed by atoms with Crippen LogP contribution in [0.3, 0.4) is 0 Å². The number of hydrogen-bond acceptors (Lipinski definition) is 20. The van der Waals surface area contributed by atoms with Crippen LogP contribution in [0.2, 0.25) is 0 Å². The van der Waals surface area contributed by atoms with Crippen LogP contribution in [0, 0.1) is 0 Å². The molecule has 44 heavy (non-hydrogen) atoms. The molecular weight excluding hydrogens is 608 g/mol. The Labute approximate surface area is 249 Å². The number of rotatable bonds is 9. The molecule has 4 fully saturated rings. The summed E-state index contributed by atoms with van der Waals surface area (Å²) in [5, 5.41) is 133. The topological polar surface area (TPSA) is 328 Å². The van der Waals surface area contributed by atoms with Gasteiger partial charge in [0.1, 0.15) is 91.6 Å². The van der Waals surface area contributed by atoms with Gasteiger partial charge in [-0.15, -0.1) is 0 Å². The van der Waals surface area contributed by atoms with Crippen molar-refractivity contribution < 1.29 is 99.5 Å². The summed E-state index contributed by atoms with van der Waals surface area (Å²) in [6, 6.07) is 0. The van der Waals surface area contributed by atoms with E-state index >= 15 is 0 Å². The summed E-state index contributed by atoms with van der Waals surface area (Å²) >= 11 is 0. The lowest BCUT2D eigenvalue weighted by Gasteiger charge is -2.50. The van der Waals surface area contributed by atoms with Gasteiger partial charge >= 0.3 is 0 Å². The van der Waals surface area contributed by atoms with E-state index in [0.29, 0.717) is 0 Å². The molecule has 258 valence electrons. The molecule has 4 saturated heterocycles. The summed E-state index contributed by atoms with van der Waals surface area (Å²) in [5.74, 6) is 0. The summed E-state index contributed by atoms with van der Waals surface area (Å²) in [6.07, 6.45) is -35.1. The third-order valence-electron chi connectivity index (χ3n) is 8.17. The first-order chi connectivity index (χ1) is 20.7. The molecule has 4 aliphatic rings. The van der Waals surface area contributed by atoms with Crippen LogP contribution < -0.4 is 0 Å². The molecule has 0 spiro atoms. The molecule has 0 aromatic heterocycles. The summed E-state index contributed by atoms with van der Waals surface area (Å²) < 4.78 is 39.0. The smallest absolute Gasteiger partial charge is 0.187 e. The van der Waals surface area contributed by atoms with Crippen LogP contribution in [-0.2, 0) is 33.2 Å². The van der Waals surface area contributed by atoms with Gasteiger partial charge in [0.15, 0.2) is 25.2 Å². The van der Waals surface area contributed by atoms with Crippen molar-refractivity contribution in [1.82, 2.24) is 0 Å². The van der Waals surface area contributed by atoms with E-state index in [0.717, 1.165) is 0 Å². The van der Waals surface area contributed by atoms with Crippen molar-refractivity contribution in [3.05, 3.63) is 0 Å². The van der Waals surface area contributed by atoms with E-state index in [4.69, 9.17) is 33.2 Å². The van der Waals surface area contributed by atoms with Gasteiger partial charge in [0.2, 0.25) is 0 Å². The van der Waals surface area contributed by atoms with E-state index in [2.05, 4.69) is 0 Å². The maximum atomic E-state index is 11.1. The highest BCUT2D eigenvalue weighted by Gasteiger charge is 2.56. The average molecular weight is 651 g/mol. The molecule has 20 nitrogen and oxygen atoms in total. The van der Waals surface area contributed by atoms with Gasteiger partial charge in [-0.1, -0.05) is 0 Å². The SMILES string of the molecule is C[C@@H]1O[C@@H](O[C@H]2[C@H](O[C@H]3[C@H](O)[C@@H](O)[C@@H](O)O[C@@H]3CO)O[C@H](CO)[C@H](O)[C@@H]2O[C@H]2O[C@H](CO)[C@H](O)[C@H](O)[C@H]2O)[C@@H](O)[C@H](O)[C@@H]1O. The first-order valence-corrected chi connectivity index (χ1v) is 14.0. The van der Waals surface area contributed by atoms with E-state index in [1.165, 1.54) is 6.92 Å². The normalized spacial score (nSPS) is 53.9. The zero-order chi connectivity index (χ0) is 32.6. The Morgan fingerprint density at radius 1 is 0.409 bits per heavy atom. The van der Waals surface area contributed by atoms with Crippen molar-refractivity contribution in [2.24, 2.45) is 0 Å². The number of hydrogen-bond donors (Lipinski definition) is 13. The van der Waals surface area contributed by atoms with Gasteiger partial charge in [-0.3, -0.25) is 0 Å². The molecule has 0 radical (unpaired) electrons. The van der Waals surface area contributed by atoms with Crippen molar-refractivity contribution in [2.75, 3.05) is 19.8 Å². The van der Waals surface area contributed by atoms with E-state index in [-0.39, 0.29) is 0 Å². The van der Waals surface area contributed by atoms with Crippen LogP contribution in [0.1, 0.15) is 6.92 Å². The van der Waals surface area contributed by atoms with Gasteiger partial charge in [-0.2, -0.15) is 0 Å². The highest BCUT2D eigenvalue weighted by Crippen LogP contribution is 2.35. The highest BCUT2D eigenvalue weighted by molar-refractivity contribution is 4.98. The highest BCUT2D eigenvalue weighted by atomic mass is 16.8. The van der Waals surface area contributed by atoms with Gasteiger partial charge in [-0.05, 0) is 6.92 Å². The molecule has 0 saturated carbocycles. The molecule has 0 aromatic carbocycles. The van der Waals surface area contributed by atoms with Crippen LogP contribution in [0.25, 0.3) is 0 Å². The third-order valence-corrected chi connectivity index (χ3v) is 8.17. The van der Waals surface area contributed by atoms with Gasteiger partial charge < -0.3 is 99.5 Å². The second-order valence-electron chi connectivity index (χ2n) is 11.1. The first kappa shape index (κ1) is 36.0. The van der Waals surface area contributed by atoms with E-state index < -0.39 is 143 Å². The molecule has 0 aliphatic carbocycles. The molecule has 13 N–H and O–H groups in total. The standard InChI is InChI=1S/C24H42O20/c1-5-9(28)12(31)16(35)22(38-5)44-20-19(43-23-17(36)13(32)10(29)6(2-25)40-23)11(30)7(3-26)41-24(20)42-18-8(4-27)39-21(37)15(34)14(18)33/h5-37H,2-4H2,1H3/t5-,6+,7+,8+,9+,10-,11-,12+,13-,14+,15+,16-,17+,18+,19-,20+,21-,22-,23+,24-/m0/s1. The first-order valence-electron chi connectivity index (χ1n) is 14.0. The largest absolute Gasteiger partial charge is 0.394 e. The molecule has 20 atom stereocenters. The summed E-state index contributed by atoms with van der Waals surface area (Å²) in [6.45, 7) is -1.25. The lowest BCUT2D eigenvalue weighted by atomic mass is 9.95. The Bertz CT molecular complexity index is 898. The van der Waals surface area contributed by atoms with Gasteiger partial charge in [0, 0.05) is 0 Å². The quantitative estimate of drug-likeness (QED) is 0.110. The summed E-state index contributed by atoms with van der Waals surface area (Å²) in [7, 11) is 0. The third kappa shape index (κ3) is 7.05. The zero-order valence-corrected chi connectivity index (χ0v) is 23.3. The minimum Gasteiger partial charge on any atom is -0.394 e. The maximum absolute atomic E-state index is 11.1. The molecule has 0 amide bonds. The predicted molar refractivity (Wildman–Crippen MR) is 132 cm³/mol. The molecule has 0 aromatic rings. The van der Waals surface area contributed by atoms with E-state index in [1.54, 1.807) is 0 Å². The van der Waals surface area contributed by atoms with Crippen LogP contribution in [0.4, 0.5) is 0 Å². The molecule has 4 rings (SSSR count). The second-order valence-corrected chi connectivity index (χ2v) is 11.1. The van der Waals surface area contributed by atoms with Crippen LogP contribution in [0.5, 0.6) is 0 Å². The Kier molecular flexibility index (Phi) is 12.3. The lowest BCUT2D eigenvalue weighted by Crippen LogP contribution is -2.68. The zero-order valence-electron chi connectivity index (χ0n) is 23.3. The Balaban J connectivity index is 1.69. The van der Waals surface area contributed by atoms with Crippen LogP contribution in [-0.4, -0.2) is 209 Å². The number of aliphatic hydroxyl groups excluding tert-OH is 13. The number of aliphatic hydroxyl groups is 13. The van der Waals surface area contributed by atoms with Crippen LogP contribution in [0.15, 0.2) is 0 Å². The predicted octanol–water partition coefficient (Wildman–Crippen LogP) is -8.72. The van der Waals surface area contributed by atoms with Crippen molar-refractivity contribution in [3.8, 4) is 0 Å². The van der Waals surface area contributed by atoms with Crippen molar-refractivity contribution in [2.45, 2.75) is 130 Å². The fourth-order valence-corrected chi connectivity index (χ4v) is 5.46. The Hall–Kier alpha value is -0.800. The molecule has 4 aliphatic heterocycles. The van der Waals surface area contributed by atoms with E-state index in [9.17, 15) is 66.4 Å². The molecule has 20 heteroatoms. The Morgan fingerprint density at radius 2 is 0.886 bits per heavy atom. The summed E-state index contributed by atoms with van der Waals surface area (Å²) in [4.78, 5) is 0. The fraction of sp³-hybridized carbons (Fsp3) is 1.00. The van der Waals surface area contributed by atoms with Crippen molar-refractivity contribution >= 4 is 0 Å². The fourth-order valence-electron chi connectivity index (χ4n) is 5.46. The molecule has 0 unspecified atom stereocenters. The maximum Gasteiger partial charge on any atom is 0.187 e. The average Bonchev–Trinajstić information content (AvgIpc) is 3.01. The second kappa shape index (κ2) is 15.0. The summed E-state index contributed by atoms with van der Waals surface area (Å²) in [5.41, 5.74) is 0. The number of ether oxygens (including phenoxy) is 7. The van der Waals surface area contributed by atoms with Gasteiger partial charge in [-0.25, -0.2) is 0 Å². The van der Waals surface area contributed by atoms with Crippen molar-refractivity contribution in [1.29, 1.82) is 0 Å². The van der Waals surface area contributed by atoms with E-state index in [1.807, 2.05) is 0 Å².